The predicted molar refractivity (Wildman–Crippen MR) is 112 cm³/mol. The smallest absolute Gasteiger partial charge is 0.332 e. The van der Waals surface area contributed by atoms with Gasteiger partial charge in [-0.05, 0) is 30.2 Å². The van der Waals surface area contributed by atoms with Gasteiger partial charge in [-0.3, -0.25) is 18.7 Å². The number of aromatic nitrogens is 3. The largest absolute Gasteiger partial charge is 0.342 e. The molecule has 2 aromatic heterocycles. The number of amides is 1. The lowest BCUT2D eigenvalue weighted by atomic mass is 9.99. The van der Waals surface area contributed by atoms with Crippen molar-refractivity contribution in [1.82, 2.24) is 19.0 Å². The predicted octanol–water partition coefficient (Wildman–Crippen LogP) is 2.11. The van der Waals surface area contributed by atoms with Crippen LogP contribution in [0.5, 0.6) is 0 Å². The number of aryl methyl sites for hydroxylation is 1. The van der Waals surface area contributed by atoms with E-state index < -0.39 is 5.69 Å². The van der Waals surface area contributed by atoms with Gasteiger partial charge in [0.05, 0.1) is 11.1 Å². The number of carbonyl (C=O) groups excluding carboxylic acids is 1. The van der Waals surface area contributed by atoms with E-state index in [4.69, 9.17) is 0 Å². The first-order valence-corrected chi connectivity index (χ1v) is 10.7. The summed E-state index contributed by atoms with van der Waals surface area (Å²) in [5.74, 6) is 1.18. The van der Waals surface area contributed by atoms with Gasteiger partial charge < -0.3 is 4.90 Å². The fourth-order valence-electron chi connectivity index (χ4n) is 3.57. The lowest BCUT2D eigenvalue weighted by Gasteiger charge is -2.30. The zero-order chi connectivity index (χ0) is 20.6. The third-order valence-corrected chi connectivity index (χ3v) is 6.67. The Kier molecular flexibility index (Phi) is 5.98. The van der Waals surface area contributed by atoms with Crippen LogP contribution in [0.1, 0.15) is 45.1 Å². The zero-order valence-corrected chi connectivity index (χ0v) is 18.0. The molecule has 2 aromatic rings. The van der Waals surface area contributed by atoms with Crippen LogP contribution in [0.15, 0.2) is 20.7 Å². The summed E-state index contributed by atoms with van der Waals surface area (Å²) in [6.45, 7) is 7.88. The number of carbonyl (C=O) groups is 1. The molecule has 1 fully saturated rings. The Morgan fingerprint density at radius 3 is 2.46 bits per heavy atom. The van der Waals surface area contributed by atoms with Crippen LogP contribution >= 0.6 is 11.8 Å². The Hall–Kier alpha value is -2.09. The second-order valence-corrected chi connectivity index (χ2v) is 8.94. The minimum absolute atomic E-state index is 0.0956. The second-order valence-electron chi connectivity index (χ2n) is 7.95. The van der Waals surface area contributed by atoms with E-state index in [0.717, 1.165) is 41.0 Å². The standard InChI is InChI=1S/C20H28N4O3S/c1-12(2)14-10-21-18-16(19(26)23(5)20(27)22(18)4)17(14)28-11-15(25)24-8-6-13(3)7-9-24/h10,12-13H,6-9,11H2,1-5H3. The van der Waals surface area contributed by atoms with Crippen LogP contribution in [-0.2, 0) is 18.9 Å². The SMILES string of the molecule is CC1CCN(C(=O)CSc2c(C(C)C)cnc3c2c(=O)n(C)c(=O)n3C)CC1. The molecule has 3 rings (SSSR count). The van der Waals surface area contributed by atoms with Crippen LogP contribution in [0, 0.1) is 5.92 Å². The quantitative estimate of drug-likeness (QED) is 0.730. The van der Waals surface area contributed by atoms with Crippen molar-refractivity contribution in [2.24, 2.45) is 20.0 Å². The molecule has 0 unspecified atom stereocenters. The van der Waals surface area contributed by atoms with Gasteiger partial charge in [0.1, 0.15) is 5.65 Å². The van der Waals surface area contributed by atoms with Gasteiger partial charge in [-0.25, -0.2) is 9.78 Å². The summed E-state index contributed by atoms with van der Waals surface area (Å²) in [4.78, 5) is 44.9. The highest BCUT2D eigenvalue weighted by Crippen LogP contribution is 2.32. The highest BCUT2D eigenvalue weighted by molar-refractivity contribution is 8.00. The number of fused-ring (bicyclic) bond motifs is 1. The van der Waals surface area contributed by atoms with Crippen LogP contribution in [0.25, 0.3) is 11.0 Å². The van der Waals surface area contributed by atoms with Gasteiger partial charge in [0, 0.05) is 38.3 Å². The fourth-order valence-corrected chi connectivity index (χ4v) is 4.80. The average molecular weight is 405 g/mol. The molecule has 7 nitrogen and oxygen atoms in total. The lowest BCUT2D eigenvalue weighted by molar-refractivity contribution is -0.129. The molecule has 28 heavy (non-hydrogen) atoms. The monoisotopic (exact) mass is 404 g/mol. The second kappa shape index (κ2) is 8.11. The van der Waals surface area contributed by atoms with Crippen LogP contribution in [-0.4, -0.2) is 43.8 Å². The number of likely N-dealkylation sites (tertiary alicyclic amines) is 1. The normalized spacial score (nSPS) is 15.6. The van der Waals surface area contributed by atoms with E-state index >= 15 is 0 Å². The minimum atomic E-state index is -0.406. The van der Waals surface area contributed by atoms with Gasteiger partial charge in [0.15, 0.2) is 0 Å². The van der Waals surface area contributed by atoms with Crippen molar-refractivity contribution in [3.8, 4) is 0 Å². The van der Waals surface area contributed by atoms with Gasteiger partial charge in [-0.2, -0.15) is 0 Å². The van der Waals surface area contributed by atoms with Gasteiger partial charge in [0.25, 0.3) is 5.56 Å². The maximum Gasteiger partial charge on any atom is 0.332 e. The molecule has 152 valence electrons. The highest BCUT2D eigenvalue weighted by atomic mass is 32.2. The molecule has 1 saturated heterocycles. The maximum atomic E-state index is 12.9. The Morgan fingerprint density at radius 1 is 1.21 bits per heavy atom. The third kappa shape index (κ3) is 3.74. The molecule has 0 saturated carbocycles. The van der Waals surface area contributed by atoms with Crippen LogP contribution in [0.3, 0.4) is 0 Å². The lowest BCUT2D eigenvalue weighted by Crippen LogP contribution is -2.39. The molecule has 1 amide bonds. The molecule has 8 heteroatoms. The molecular weight excluding hydrogens is 376 g/mol. The number of thioether (sulfide) groups is 1. The summed E-state index contributed by atoms with van der Waals surface area (Å²) in [6.07, 6.45) is 3.80. The number of piperidine rings is 1. The van der Waals surface area contributed by atoms with Crippen LogP contribution < -0.4 is 11.2 Å². The Morgan fingerprint density at radius 2 is 1.86 bits per heavy atom. The number of hydrogen-bond acceptors (Lipinski definition) is 5. The Balaban J connectivity index is 2.01. The van der Waals surface area contributed by atoms with Crippen LogP contribution in [0.2, 0.25) is 0 Å². The topological polar surface area (TPSA) is 77.2 Å². The first-order valence-electron chi connectivity index (χ1n) is 9.71. The van der Waals surface area contributed by atoms with E-state index in [2.05, 4.69) is 11.9 Å². The van der Waals surface area contributed by atoms with Crippen molar-refractivity contribution in [2.45, 2.75) is 44.4 Å². The first kappa shape index (κ1) is 20.6. The fraction of sp³-hybridized carbons (Fsp3) is 0.600. The molecule has 0 aromatic carbocycles. The molecule has 0 spiro atoms. The first-order chi connectivity index (χ1) is 13.2. The van der Waals surface area contributed by atoms with E-state index in [0.29, 0.717) is 17.0 Å². The molecule has 0 radical (unpaired) electrons. The highest BCUT2D eigenvalue weighted by Gasteiger charge is 2.23. The summed E-state index contributed by atoms with van der Waals surface area (Å²) in [5, 5.41) is 0.417. The summed E-state index contributed by atoms with van der Waals surface area (Å²) >= 11 is 1.38. The van der Waals surface area contributed by atoms with Crippen molar-refractivity contribution in [2.75, 3.05) is 18.8 Å². The van der Waals surface area contributed by atoms with Gasteiger partial charge in [-0.1, -0.05) is 20.8 Å². The van der Waals surface area contributed by atoms with Gasteiger partial charge in [0.2, 0.25) is 5.91 Å². The van der Waals surface area contributed by atoms with Crippen molar-refractivity contribution >= 4 is 28.7 Å². The minimum Gasteiger partial charge on any atom is -0.342 e. The number of nitrogens with zero attached hydrogens (tertiary/aromatic N) is 4. The van der Waals surface area contributed by atoms with Gasteiger partial charge in [-0.15, -0.1) is 11.8 Å². The van der Waals surface area contributed by atoms with E-state index in [1.807, 2.05) is 18.7 Å². The number of pyridine rings is 1. The Bertz CT molecular complexity index is 1020. The Labute approximate surface area is 168 Å². The molecule has 0 bridgehead atoms. The molecular formula is C20H28N4O3S. The number of rotatable bonds is 4. The zero-order valence-electron chi connectivity index (χ0n) is 17.2. The average Bonchev–Trinajstić information content (AvgIpc) is 2.68. The maximum absolute atomic E-state index is 12.9. The molecule has 1 aliphatic heterocycles. The number of hydrogen-bond donors (Lipinski definition) is 0. The molecule has 0 atom stereocenters. The summed E-state index contributed by atoms with van der Waals surface area (Å²) in [6, 6.07) is 0. The van der Waals surface area contributed by atoms with Crippen molar-refractivity contribution in [3.63, 3.8) is 0 Å². The van der Waals surface area contributed by atoms with E-state index in [1.54, 1.807) is 13.2 Å². The molecule has 0 N–H and O–H groups in total. The van der Waals surface area contributed by atoms with E-state index in [1.165, 1.54) is 23.4 Å². The molecule has 1 aliphatic rings. The summed E-state index contributed by atoms with van der Waals surface area (Å²) < 4.78 is 2.49. The van der Waals surface area contributed by atoms with E-state index in [-0.39, 0.29) is 23.1 Å². The van der Waals surface area contributed by atoms with Crippen LogP contribution in [0.4, 0.5) is 0 Å². The summed E-state index contributed by atoms with van der Waals surface area (Å²) in [5.41, 5.74) is 0.513. The van der Waals surface area contributed by atoms with Crippen molar-refractivity contribution < 1.29 is 4.79 Å². The summed E-state index contributed by atoms with van der Waals surface area (Å²) in [7, 11) is 3.08. The van der Waals surface area contributed by atoms with E-state index in [9.17, 15) is 14.4 Å². The molecule has 3 heterocycles. The molecule has 0 aliphatic carbocycles. The van der Waals surface area contributed by atoms with Crippen molar-refractivity contribution in [3.05, 3.63) is 32.6 Å². The third-order valence-electron chi connectivity index (χ3n) is 5.55. The van der Waals surface area contributed by atoms with Crippen molar-refractivity contribution in [1.29, 1.82) is 0 Å². The van der Waals surface area contributed by atoms with Gasteiger partial charge >= 0.3 is 5.69 Å².